The molecule has 0 unspecified atom stereocenters. The van der Waals surface area contributed by atoms with E-state index in [9.17, 15) is 0 Å². The van der Waals surface area contributed by atoms with E-state index in [-0.39, 0.29) is 11.4 Å². The van der Waals surface area contributed by atoms with E-state index in [2.05, 4.69) is 4.98 Å². The van der Waals surface area contributed by atoms with Gasteiger partial charge in [-0.15, -0.1) is 0 Å². The van der Waals surface area contributed by atoms with E-state index in [0.29, 0.717) is 0 Å². The maximum absolute atomic E-state index is 8.90. The van der Waals surface area contributed by atoms with Crippen molar-refractivity contribution in [3.63, 3.8) is 0 Å². The van der Waals surface area contributed by atoms with Gasteiger partial charge in [-0.25, -0.2) is 0 Å². The number of aliphatic hydroxyl groups excluding tert-OH is 1. The first-order valence-electron chi connectivity index (χ1n) is 2.72. The van der Waals surface area contributed by atoms with Crippen molar-refractivity contribution in [3.8, 4) is 5.75 Å². The molecule has 0 saturated carbocycles. The van der Waals surface area contributed by atoms with Crippen molar-refractivity contribution in [3.05, 3.63) is 24.0 Å². The van der Waals surface area contributed by atoms with Crippen molar-refractivity contribution in [1.29, 1.82) is 0 Å². The molecule has 1 heterocycles. The number of aromatic nitrogens is 1. The van der Waals surface area contributed by atoms with Gasteiger partial charge in [-0.3, -0.25) is 4.98 Å². The van der Waals surface area contributed by atoms with E-state index >= 15 is 0 Å². The van der Waals surface area contributed by atoms with E-state index in [1.807, 2.05) is 0 Å². The van der Waals surface area contributed by atoms with Crippen LogP contribution in [0.3, 0.4) is 0 Å². The molecule has 0 aliphatic carbocycles. The Bertz CT molecular complexity index is 224. The Hall–Kier alpha value is -1.13. The molecule has 0 spiro atoms. The molecule has 0 bridgehead atoms. The van der Waals surface area contributed by atoms with Gasteiger partial charge in [0, 0.05) is 6.20 Å². The van der Waals surface area contributed by atoms with E-state index in [1.54, 1.807) is 0 Å². The van der Waals surface area contributed by atoms with Crippen molar-refractivity contribution in [1.82, 2.24) is 4.98 Å². The largest absolute Gasteiger partial charge is 0.506 e. The lowest BCUT2D eigenvalue weighted by atomic mass is 10.3. The van der Waals surface area contributed by atoms with Crippen molar-refractivity contribution < 1.29 is 15.3 Å². The fourth-order valence-electron chi connectivity index (χ4n) is 0.608. The summed E-state index contributed by atoms with van der Waals surface area (Å²) >= 11 is 0. The summed E-state index contributed by atoms with van der Waals surface area (Å²) in [7, 11) is 0. The van der Waals surface area contributed by atoms with Crippen molar-refractivity contribution in [2.75, 3.05) is 0 Å². The van der Waals surface area contributed by atoms with Crippen LogP contribution in [-0.4, -0.2) is 20.3 Å². The summed E-state index contributed by atoms with van der Waals surface area (Å²) in [5, 5.41) is 26.0. The summed E-state index contributed by atoms with van der Waals surface area (Å²) in [6.45, 7) is 0. The van der Waals surface area contributed by atoms with Crippen LogP contribution in [0.1, 0.15) is 12.0 Å². The molecule has 0 amide bonds. The summed E-state index contributed by atoms with van der Waals surface area (Å²) in [6.07, 6.45) is -0.338. The Morgan fingerprint density at radius 2 is 2.10 bits per heavy atom. The number of pyridine rings is 1. The molecular weight excluding hydrogens is 134 g/mol. The van der Waals surface area contributed by atoms with Gasteiger partial charge in [0.05, 0.1) is 0 Å². The monoisotopic (exact) mass is 141 g/mol. The van der Waals surface area contributed by atoms with Crippen LogP contribution in [0.25, 0.3) is 0 Å². The SMILES string of the molecule is Oc1cccnc1C(O)O. The average molecular weight is 141 g/mol. The number of nitrogens with zero attached hydrogens (tertiary/aromatic N) is 1. The second kappa shape index (κ2) is 2.64. The number of hydrogen-bond acceptors (Lipinski definition) is 4. The van der Waals surface area contributed by atoms with Gasteiger partial charge in [0.15, 0.2) is 6.29 Å². The van der Waals surface area contributed by atoms with Gasteiger partial charge in [-0.05, 0) is 12.1 Å². The van der Waals surface area contributed by atoms with Crippen LogP contribution in [0, 0.1) is 0 Å². The van der Waals surface area contributed by atoms with Gasteiger partial charge >= 0.3 is 0 Å². The molecule has 1 rings (SSSR count). The highest BCUT2D eigenvalue weighted by atomic mass is 16.5. The zero-order chi connectivity index (χ0) is 7.56. The topological polar surface area (TPSA) is 73.6 Å². The smallest absolute Gasteiger partial charge is 0.199 e. The Morgan fingerprint density at radius 3 is 2.50 bits per heavy atom. The third kappa shape index (κ3) is 1.23. The fraction of sp³-hybridized carbons (Fsp3) is 0.167. The Labute approximate surface area is 57.4 Å². The average Bonchev–Trinajstić information content (AvgIpc) is 1.88. The maximum atomic E-state index is 8.90. The minimum absolute atomic E-state index is 0.123. The molecule has 54 valence electrons. The summed E-state index contributed by atoms with van der Waals surface area (Å²) in [5.74, 6) is -0.211. The van der Waals surface area contributed by atoms with Gasteiger partial charge in [-0.2, -0.15) is 0 Å². The Morgan fingerprint density at radius 1 is 1.40 bits per heavy atom. The third-order valence-corrected chi connectivity index (χ3v) is 1.06. The Kier molecular flexibility index (Phi) is 1.84. The zero-order valence-electron chi connectivity index (χ0n) is 5.10. The molecule has 0 aromatic carbocycles. The summed E-state index contributed by atoms with van der Waals surface area (Å²) in [5.41, 5.74) is -0.123. The van der Waals surface area contributed by atoms with Gasteiger partial charge < -0.3 is 15.3 Å². The van der Waals surface area contributed by atoms with E-state index in [1.165, 1.54) is 18.3 Å². The first kappa shape index (κ1) is 6.98. The standard InChI is InChI=1S/C6H7NO3/c8-4-2-1-3-7-5(4)6(9)10/h1-3,6,8-10H. The molecule has 10 heavy (non-hydrogen) atoms. The van der Waals surface area contributed by atoms with E-state index < -0.39 is 6.29 Å². The second-order valence-corrected chi connectivity index (χ2v) is 1.78. The number of rotatable bonds is 1. The quantitative estimate of drug-likeness (QED) is 0.472. The van der Waals surface area contributed by atoms with Crippen LogP contribution in [-0.2, 0) is 0 Å². The molecular formula is C6H7NO3. The molecule has 0 atom stereocenters. The molecule has 3 N–H and O–H groups in total. The van der Waals surface area contributed by atoms with Crippen LogP contribution >= 0.6 is 0 Å². The predicted octanol–water partition coefficient (Wildman–Crippen LogP) is -0.230. The molecule has 1 aromatic rings. The normalized spacial score (nSPS) is 10.3. The summed E-state index contributed by atoms with van der Waals surface area (Å²) < 4.78 is 0. The van der Waals surface area contributed by atoms with Crippen molar-refractivity contribution in [2.24, 2.45) is 0 Å². The van der Waals surface area contributed by atoms with Gasteiger partial charge in [0.25, 0.3) is 0 Å². The highest BCUT2D eigenvalue weighted by Crippen LogP contribution is 2.17. The molecule has 1 aromatic heterocycles. The lowest BCUT2D eigenvalue weighted by Crippen LogP contribution is -1.97. The number of aliphatic hydroxyl groups is 2. The van der Waals surface area contributed by atoms with E-state index in [4.69, 9.17) is 15.3 Å². The summed E-state index contributed by atoms with van der Waals surface area (Å²) in [4.78, 5) is 3.53. The van der Waals surface area contributed by atoms with Crippen LogP contribution in [0.2, 0.25) is 0 Å². The molecule has 4 nitrogen and oxygen atoms in total. The molecule has 0 saturated heterocycles. The third-order valence-electron chi connectivity index (χ3n) is 1.06. The molecule has 0 aliphatic heterocycles. The predicted molar refractivity (Wildman–Crippen MR) is 33.1 cm³/mol. The summed E-state index contributed by atoms with van der Waals surface area (Å²) in [6, 6.07) is 2.84. The second-order valence-electron chi connectivity index (χ2n) is 1.78. The zero-order valence-corrected chi connectivity index (χ0v) is 5.10. The molecule has 4 heteroatoms. The maximum Gasteiger partial charge on any atom is 0.199 e. The lowest BCUT2D eigenvalue weighted by molar-refractivity contribution is -0.0473. The van der Waals surface area contributed by atoms with Gasteiger partial charge in [-0.1, -0.05) is 0 Å². The van der Waals surface area contributed by atoms with E-state index in [0.717, 1.165) is 0 Å². The number of aromatic hydroxyl groups is 1. The van der Waals surface area contributed by atoms with Crippen molar-refractivity contribution >= 4 is 0 Å². The van der Waals surface area contributed by atoms with Crippen LogP contribution in [0.4, 0.5) is 0 Å². The molecule has 0 fully saturated rings. The van der Waals surface area contributed by atoms with Crippen LogP contribution < -0.4 is 0 Å². The minimum Gasteiger partial charge on any atom is -0.506 e. The highest BCUT2D eigenvalue weighted by Gasteiger charge is 2.07. The fourth-order valence-corrected chi connectivity index (χ4v) is 0.608. The number of hydrogen-bond donors (Lipinski definition) is 3. The molecule has 0 aliphatic rings. The first-order valence-corrected chi connectivity index (χ1v) is 2.72. The first-order chi connectivity index (χ1) is 4.72. The van der Waals surface area contributed by atoms with Gasteiger partial charge in [0.2, 0.25) is 0 Å². The lowest BCUT2D eigenvalue weighted by Gasteiger charge is -2.02. The molecule has 0 radical (unpaired) electrons. The van der Waals surface area contributed by atoms with Gasteiger partial charge in [0.1, 0.15) is 11.4 Å². The Balaban J connectivity index is 3.03. The minimum atomic E-state index is -1.71. The highest BCUT2D eigenvalue weighted by molar-refractivity contribution is 5.25. The van der Waals surface area contributed by atoms with Crippen LogP contribution in [0.15, 0.2) is 18.3 Å². The van der Waals surface area contributed by atoms with Crippen molar-refractivity contribution in [2.45, 2.75) is 6.29 Å². The van der Waals surface area contributed by atoms with Crippen LogP contribution in [0.5, 0.6) is 5.75 Å².